The summed E-state index contributed by atoms with van der Waals surface area (Å²) in [6.45, 7) is 1.32. The van der Waals surface area contributed by atoms with Crippen LogP contribution in [0.2, 0.25) is 0 Å². The molecule has 0 spiro atoms. The van der Waals surface area contributed by atoms with Gasteiger partial charge in [-0.3, -0.25) is 6.29 Å². The molecule has 9 aromatic rings. The van der Waals surface area contributed by atoms with Crippen molar-refractivity contribution in [3.05, 3.63) is 283 Å². The van der Waals surface area contributed by atoms with E-state index in [4.69, 9.17) is 14.9 Å². The summed E-state index contributed by atoms with van der Waals surface area (Å²) in [5.74, 6) is 0. The number of hydrogen-bond donors (Lipinski definition) is 0. The van der Waals surface area contributed by atoms with Gasteiger partial charge in [0.15, 0.2) is 0 Å². The summed E-state index contributed by atoms with van der Waals surface area (Å²) in [6.07, 6.45) is 1.50. The van der Waals surface area contributed by atoms with Crippen molar-refractivity contribution in [2.24, 2.45) is 5.34 Å². The van der Waals surface area contributed by atoms with Gasteiger partial charge in [0.05, 0.1) is 0 Å². The molecule has 0 heterocycles. The molecule has 0 bridgehead atoms. The molecule has 0 unspecified atom stereocenters. The SMILES string of the molecule is C[C-]=O.O=N[O-].[Pd].c1ccc(P(c2ccccc2)c2ccccc2)cc1.c1ccc(P(c2ccccc2)c2ccccc2)cc1.c1ccc(P(c2ccccc2)c2ccccc2)cc1. The molecule has 322 valence electrons. The van der Waals surface area contributed by atoms with E-state index in [1.54, 1.807) is 0 Å². The van der Waals surface area contributed by atoms with Crippen molar-refractivity contribution in [3.8, 4) is 0 Å². The predicted octanol–water partition coefficient (Wildman–Crippen LogP) is 10.7. The third kappa shape index (κ3) is 16.3. The minimum Gasteiger partial charge on any atom is -0.542 e. The summed E-state index contributed by atoms with van der Waals surface area (Å²) >= 11 is 0. The molecular weight excluding hydrogens is 934 g/mol. The predicted molar refractivity (Wildman–Crippen MR) is 276 cm³/mol. The summed E-state index contributed by atoms with van der Waals surface area (Å²) in [6, 6.07) is 97.0. The molecule has 0 amide bonds. The van der Waals surface area contributed by atoms with Gasteiger partial charge in [-0.15, -0.1) is 5.34 Å². The standard InChI is InChI=1S/3C18H15P.C2H3O.HNO2.Pd/c3*1-4-10-16(11-5-1)19(17-12-6-2-7-13-17)18-14-8-3-9-15-18;1-2-3;2-1-3;/h3*1-15H;1H3;(H,2,3);/q;;;-1;;/p-1. The van der Waals surface area contributed by atoms with Crippen LogP contribution in [0.3, 0.4) is 0 Å². The fraction of sp³-hybridized carbons (Fsp3) is 0.0179. The zero-order chi connectivity index (χ0) is 44.2. The molecule has 8 heteroatoms. The van der Waals surface area contributed by atoms with Crippen molar-refractivity contribution in [1.29, 1.82) is 0 Å². The Hall–Kier alpha value is -6.00. The maximum atomic E-state index is 8.68. The Kier molecular flexibility index (Phi) is 23.9. The number of nitrogens with zero attached hydrogens (tertiary/aromatic N) is 1. The molecule has 0 atom stereocenters. The van der Waals surface area contributed by atoms with Crippen LogP contribution in [-0.2, 0) is 25.2 Å². The first-order valence-electron chi connectivity index (χ1n) is 20.3. The van der Waals surface area contributed by atoms with Crippen LogP contribution in [0.4, 0.5) is 0 Å². The van der Waals surface area contributed by atoms with Crippen molar-refractivity contribution in [2.75, 3.05) is 0 Å². The Bertz CT molecular complexity index is 1980. The molecular formula is C56H48NO3P3Pd-2. The molecule has 0 aliphatic heterocycles. The molecule has 0 N–H and O–H groups in total. The van der Waals surface area contributed by atoms with Gasteiger partial charge in [-0.2, -0.15) is 6.92 Å². The average Bonchev–Trinajstić information content (AvgIpc) is 3.36. The van der Waals surface area contributed by atoms with E-state index in [-0.39, 0.29) is 20.4 Å². The minimum atomic E-state index is -0.446. The second-order valence-corrected chi connectivity index (χ2v) is 20.0. The third-order valence-electron chi connectivity index (χ3n) is 9.13. The smallest absolute Gasteiger partial charge is 0 e. The molecule has 0 saturated carbocycles. The summed E-state index contributed by atoms with van der Waals surface area (Å²) in [5.41, 5.74) is 0. The monoisotopic (exact) mass is 981 g/mol. The van der Waals surface area contributed by atoms with Crippen LogP contribution in [0.5, 0.6) is 0 Å². The molecule has 4 nitrogen and oxygen atoms in total. The van der Waals surface area contributed by atoms with Crippen molar-refractivity contribution in [1.82, 2.24) is 0 Å². The van der Waals surface area contributed by atoms with Gasteiger partial charge in [0.2, 0.25) is 0 Å². The zero-order valence-corrected chi connectivity index (χ0v) is 39.5. The van der Waals surface area contributed by atoms with Crippen molar-refractivity contribution in [3.63, 3.8) is 0 Å². The summed E-state index contributed by atoms with van der Waals surface area (Å²) < 4.78 is 0. The second kappa shape index (κ2) is 30.2. The van der Waals surface area contributed by atoms with Crippen LogP contribution in [-0.4, -0.2) is 6.29 Å². The topological polar surface area (TPSA) is 69.6 Å². The largest absolute Gasteiger partial charge is 0.542 e. The van der Waals surface area contributed by atoms with E-state index in [1.165, 1.54) is 61.0 Å². The minimum absolute atomic E-state index is 0. The number of carbonyl (C=O) groups excluding carboxylic acids is 1. The van der Waals surface area contributed by atoms with Crippen LogP contribution in [0.25, 0.3) is 0 Å². The first kappa shape index (κ1) is 50.6. The van der Waals surface area contributed by atoms with Crippen molar-refractivity contribution >= 4 is 77.8 Å². The fourth-order valence-electron chi connectivity index (χ4n) is 6.54. The van der Waals surface area contributed by atoms with Gasteiger partial charge < -0.3 is 14.9 Å². The fourth-order valence-corrected chi connectivity index (χ4v) is 13.5. The molecule has 0 fully saturated rings. The molecule has 0 aliphatic carbocycles. The molecule has 0 radical (unpaired) electrons. The van der Waals surface area contributed by atoms with Crippen LogP contribution in [0.1, 0.15) is 6.92 Å². The van der Waals surface area contributed by atoms with E-state index < -0.39 is 23.8 Å². The molecule has 0 saturated heterocycles. The first-order chi connectivity index (χ1) is 31.2. The van der Waals surface area contributed by atoms with Gasteiger partial charge in [0.1, 0.15) is 0 Å². The Morgan fingerprint density at radius 2 is 0.375 bits per heavy atom. The third-order valence-corrected chi connectivity index (χ3v) is 16.5. The van der Waals surface area contributed by atoms with Crippen LogP contribution < -0.4 is 47.7 Å². The Labute approximate surface area is 396 Å². The number of benzene rings is 9. The van der Waals surface area contributed by atoms with E-state index in [0.29, 0.717) is 0 Å². The Morgan fingerprint density at radius 3 is 0.453 bits per heavy atom. The van der Waals surface area contributed by atoms with Gasteiger partial charge in [0, 0.05) is 20.4 Å². The van der Waals surface area contributed by atoms with Gasteiger partial charge in [-0.05, 0) is 71.5 Å². The molecule has 64 heavy (non-hydrogen) atoms. The Morgan fingerprint density at radius 1 is 0.297 bits per heavy atom. The quantitative estimate of drug-likeness (QED) is 0.0476. The molecule has 0 aliphatic rings. The second-order valence-electron chi connectivity index (χ2n) is 13.3. The number of hydrogen-bond acceptors (Lipinski definition) is 4. The van der Waals surface area contributed by atoms with Crippen LogP contribution >= 0.6 is 23.8 Å². The average molecular weight is 982 g/mol. The molecule has 9 aromatic carbocycles. The van der Waals surface area contributed by atoms with Gasteiger partial charge in [0.25, 0.3) is 0 Å². The summed E-state index contributed by atoms with van der Waals surface area (Å²) in [5, 5.41) is 21.6. The van der Waals surface area contributed by atoms with Crippen molar-refractivity contribution in [2.45, 2.75) is 6.92 Å². The van der Waals surface area contributed by atoms with Crippen molar-refractivity contribution < 1.29 is 25.2 Å². The summed E-state index contributed by atoms with van der Waals surface area (Å²) in [7, 11) is -1.34. The maximum Gasteiger partial charge on any atom is 0 e. The van der Waals surface area contributed by atoms with Crippen LogP contribution in [0, 0.1) is 10.1 Å². The van der Waals surface area contributed by atoms with Gasteiger partial charge in [-0.1, -0.05) is 273 Å². The van der Waals surface area contributed by atoms with Gasteiger partial charge >= 0.3 is 0 Å². The number of rotatable bonds is 9. The van der Waals surface area contributed by atoms with E-state index in [1.807, 2.05) is 0 Å². The van der Waals surface area contributed by atoms with E-state index in [9.17, 15) is 0 Å². The van der Waals surface area contributed by atoms with E-state index in [2.05, 4.69) is 273 Å². The van der Waals surface area contributed by atoms with Crippen LogP contribution in [0.15, 0.2) is 278 Å². The first-order valence-corrected chi connectivity index (χ1v) is 24.3. The molecule has 0 aromatic heterocycles. The normalized spacial score (nSPS) is 9.81. The van der Waals surface area contributed by atoms with E-state index in [0.717, 1.165) is 5.34 Å². The Balaban J connectivity index is 0.000000196. The zero-order valence-electron chi connectivity index (χ0n) is 35.3. The maximum absolute atomic E-state index is 8.68. The summed E-state index contributed by atoms with van der Waals surface area (Å²) in [4.78, 5) is 16.7. The van der Waals surface area contributed by atoms with Gasteiger partial charge in [-0.25, -0.2) is 0 Å². The molecule has 9 rings (SSSR count). The van der Waals surface area contributed by atoms with E-state index >= 15 is 0 Å².